The summed E-state index contributed by atoms with van der Waals surface area (Å²) < 4.78 is 4.91. The van der Waals surface area contributed by atoms with E-state index in [9.17, 15) is 10.1 Å². The zero-order valence-electron chi connectivity index (χ0n) is 10.7. The molecular formula is C11H17N5O3. The maximum atomic E-state index is 11.1. The Labute approximate surface area is 110 Å². The van der Waals surface area contributed by atoms with Crippen molar-refractivity contribution in [3.05, 3.63) is 16.4 Å². The summed E-state index contributed by atoms with van der Waals surface area (Å²) in [5, 5.41) is 14.2. The molecule has 0 aromatic carbocycles. The molecule has 0 bridgehead atoms. The van der Waals surface area contributed by atoms with Crippen LogP contribution in [0.2, 0.25) is 0 Å². The molecule has 2 unspecified atom stereocenters. The molecule has 1 saturated carbocycles. The molecule has 1 aromatic heterocycles. The lowest BCUT2D eigenvalue weighted by Crippen LogP contribution is -2.30. The van der Waals surface area contributed by atoms with E-state index in [0.717, 1.165) is 19.3 Å². The van der Waals surface area contributed by atoms with E-state index >= 15 is 0 Å². The Bertz CT molecular complexity index is 468. The molecule has 8 nitrogen and oxygen atoms in total. The van der Waals surface area contributed by atoms with E-state index in [1.165, 1.54) is 13.4 Å². The largest absolute Gasteiger partial charge is 0.476 e. The smallest absolute Gasteiger partial charge is 0.372 e. The minimum atomic E-state index is -0.534. The summed E-state index contributed by atoms with van der Waals surface area (Å²) in [6, 6.07) is 0.114. The molecule has 0 saturated heterocycles. The monoisotopic (exact) mass is 267 g/mol. The van der Waals surface area contributed by atoms with Crippen LogP contribution in [0.3, 0.4) is 0 Å². The summed E-state index contributed by atoms with van der Waals surface area (Å²) in [6.45, 7) is 0.563. The van der Waals surface area contributed by atoms with E-state index in [1.807, 2.05) is 0 Å². The summed E-state index contributed by atoms with van der Waals surface area (Å²) in [7, 11) is 1.34. The van der Waals surface area contributed by atoms with Crippen molar-refractivity contribution in [3.63, 3.8) is 0 Å². The highest BCUT2D eigenvalue weighted by atomic mass is 16.6. The number of ether oxygens (including phenoxy) is 1. The summed E-state index contributed by atoms with van der Waals surface area (Å²) in [6.07, 6.45) is 4.28. The van der Waals surface area contributed by atoms with Crippen LogP contribution in [0.25, 0.3) is 0 Å². The summed E-state index contributed by atoms with van der Waals surface area (Å²) in [4.78, 5) is 18.3. The number of nitrogens with one attached hydrogen (secondary N) is 1. The number of rotatable bonds is 5. The van der Waals surface area contributed by atoms with Crippen molar-refractivity contribution in [1.29, 1.82) is 0 Å². The van der Waals surface area contributed by atoms with Gasteiger partial charge >= 0.3 is 5.69 Å². The zero-order valence-corrected chi connectivity index (χ0v) is 10.7. The van der Waals surface area contributed by atoms with Gasteiger partial charge in [-0.1, -0.05) is 6.42 Å². The molecule has 0 aliphatic heterocycles. The molecule has 8 heteroatoms. The van der Waals surface area contributed by atoms with Gasteiger partial charge in [-0.25, -0.2) is 4.98 Å². The van der Waals surface area contributed by atoms with Gasteiger partial charge in [0.15, 0.2) is 0 Å². The van der Waals surface area contributed by atoms with E-state index in [2.05, 4.69) is 15.3 Å². The molecule has 1 aromatic rings. The van der Waals surface area contributed by atoms with E-state index in [4.69, 9.17) is 10.5 Å². The van der Waals surface area contributed by atoms with Gasteiger partial charge in [0.25, 0.3) is 5.88 Å². The Balaban J connectivity index is 2.27. The molecule has 1 aliphatic rings. The van der Waals surface area contributed by atoms with Crippen LogP contribution in [0.1, 0.15) is 19.3 Å². The van der Waals surface area contributed by atoms with Gasteiger partial charge in [0.05, 0.1) is 12.0 Å². The predicted octanol–water partition coefficient (Wildman–Crippen LogP) is 0.933. The summed E-state index contributed by atoms with van der Waals surface area (Å²) in [5.74, 6) is 0.479. The molecule has 1 heterocycles. The quantitative estimate of drug-likeness (QED) is 0.602. The molecule has 19 heavy (non-hydrogen) atoms. The SMILES string of the molecule is COc1ncnc(NC2CCCC2CN)c1[N+](=O)[O-]. The molecule has 0 radical (unpaired) electrons. The number of anilines is 1. The second-order valence-corrected chi connectivity index (χ2v) is 4.51. The Morgan fingerprint density at radius 3 is 3.00 bits per heavy atom. The fraction of sp³-hybridized carbons (Fsp3) is 0.636. The average molecular weight is 267 g/mol. The third kappa shape index (κ3) is 2.73. The molecular weight excluding hydrogens is 250 g/mol. The number of hydrogen-bond donors (Lipinski definition) is 2. The number of nitro groups is 1. The van der Waals surface area contributed by atoms with Crippen LogP contribution >= 0.6 is 0 Å². The highest BCUT2D eigenvalue weighted by molar-refractivity contribution is 5.61. The fourth-order valence-electron chi connectivity index (χ4n) is 2.47. The standard InChI is InChI=1S/C11H17N5O3/c1-19-11-9(16(17)18)10(13-6-14-11)15-8-4-2-3-7(8)5-12/h6-8H,2-5,12H2,1H3,(H,13,14,15). The lowest BCUT2D eigenvalue weighted by Gasteiger charge is -2.19. The van der Waals surface area contributed by atoms with Crippen LogP contribution in [-0.2, 0) is 0 Å². The van der Waals surface area contributed by atoms with Crippen molar-refractivity contribution in [2.24, 2.45) is 11.7 Å². The molecule has 1 aliphatic carbocycles. The van der Waals surface area contributed by atoms with E-state index in [0.29, 0.717) is 12.5 Å². The Morgan fingerprint density at radius 2 is 2.37 bits per heavy atom. The second-order valence-electron chi connectivity index (χ2n) is 4.51. The van der Waals surface area contributed by atoms with Crippen molar-refractivity contribution < 1.29 is 9.66 Å². The van der Waals surface area contributed by atoms with Gasteiger partial charge in [-0.05, 0) is 25.3 Å². The van der Waals surface area contributed by atoms with E-state index < -0.39 is 4.92 Å². The van der Waals surface area contributed by atoms with Crippen LogP contribution in [0.4, 0.5) is 11.5 Å². The highest BCUT2D eigenvalue weighted by Crippen LogP contribution is 2.34. The molecule has 2 atom stereocenters. The third-order valence-corrected chi connectivity index (χ3v) is 3.45. The number of methoxy groups -OCH3 is 1. The highest BCUT2D eigenvalue weighted by Gasteiger charge is 2.30. The van der Waals surface area contributed by atoms with Crippen LogP contribution < -0.4 is 15.8 Å². The topological polar surface area (TPSA) is 116 Å². The van der Waals surface area contributed by atoms with Gasteiger partial charge in [0.1, 0.15) is 6.33 Å². The van der Waals surface area contributed by atoms with E-state index in [1.54, 1.807) is 0 Å². The zero-order chi connectivity index (χ0) is 13.8. The first kappa shape index (κ1) is 13.5. The van der Waals surface area contributed by atoms with Gasteiger partial charge in [-0.2, -0.15) is 4.98 Å². The lowest BCUT2D eigenvalue weighted by molar-refractivity contribution is -0.385. The molecule has 104 valence electrons. The molecule has 0 amide bonds. The number of aromatic nitrogens is 2. The number of nitrogens with two attached hydrogens (primary N) is 1. The molecule has 3 N–H and O–H groups in total. The molecule has 2 rings (SSSR count). The predicted molar refractivity (Wildman–Crippen MR) is 69.0 cm³/mol. The number of nitrogens with zero attached hydrogens (tertiary/aromatic N) is 3. The lowest BCUT2D eigenvalue weighted by atomic mass is 10.0. The molecule has 0 spiro atoms. The van der Waals surface area contributed by atoms with Crippen molar-refractivity contribution in [1.82, 2.24) is 9.97 Å². The van der Waals surface area contributed by atoms with E-state index in [-0.39, 0.29) is 23.4 Å². The fourth-order valence-corrected chi connectivity index (χ4v) is 2.47. The maximum absolute atomic E-state index is 11.1. The number of hydrogen-bond acceptors (Lipinski definition) is 7. The van der Waals surface area contributed by atoms with Crippen molar-refractivity contribution in [3.8, 4) is 5.88 Å². The van der Waals surface area contributed by atoms with Crippen LogP contribution in [-0.4, -0.2) is 34.6 Å². The minimum Gasteiger partial charge on any atom is -0.476 e. The van der Waals surface area contributed by atoms with Gasteiger partial charge in [-0.15, -0.1) is 0 Å². The van der Waals surface area contributed by atoms with Gasteiger partial charge in [0, 0.05) is 6.04 Å². The Kier molecular flexibility index (Phi) is 4.10. The maximum Gasteiger partial charge on any atom is 0.372 e. The van der Waals surface area contributed by atoms with Crippen molar-refractivity contribution in [2.75, 3.05) is 19.0 Å². The van der Waals surface area contributed by atoms with Gasteiger partial charge in [-0.3, -0.25) is 10.1 Å². The van der Waals surface area contributed by atoms with Crippen LogP contribution in [0.5, 0.6) is 5.88 Å². The second kappa shape index (κ2) is 5.79. The van der Waals surface area contributed by atoms with Gasteiger partial charge < -0.3 is 15.8 Å². The average Bonchev–Trinajstić information content (AvgIpc) is 2.85. The Hall–Kier alpha value is -1.96. The minimum absolute atomic E-state index is 0.0372. The van der Waals surface area contributed by atoms with Crippen molar-refractivity contribution >= 4 is 11.5 Å². The van der Waals surface area contributed by atoms with Crippen molar-refractivity contribution in [2.45, 2.75) is 25.3 Å². The van der Waals surface area contributed by atoms with Crippen LogP contribution in [0.15, 0.2) is 6.33 Å². The first-order chi connectivity index (χ1) is 9.17. The first-order valence-electron chi connectivity index (χ1n) is 6.17. The Morgan fingerprint density at radius 1 is 1.58 bits per heavy atom. The van der Waals surface area contributed by atoms with Gasteiger partial charge in [0.2, 0.25) is 5.82 Å². The summed E-state index contributed by atoms with van der Waals surface area (Å²) in [5.41, 5.74) is 5.47. The summed E-state index contributed by atoms with van der Waals surface area (Å²) >= 11 is 0. The normalized spacial score (nSPS) is 22.2. The molecule has 1 fully saturated rings. The third-order valence-electron chi connectivity index (χ3n) is 3.45. The van der Waals surface area contributed by atoms with Crippen LogP contribution in [0, 0.1) is 16.0 Å². The first-order valence-corrected chi connectivity index (χ1v) is 6.17.